The second-order valence-corrected chi connectivity index (χ2v) is 18.2. The summed E-state index contributed by atoms with van der Waals surface area (Å²) in [6, 6.07) is 0.176. The van der Waals surface area contributed by atoms with Crippen molar-refractivity contribution >= 4 is 11.9 Å². The van der Waals surface area contributed by atoms with E-state index in [2.05, 4.69) is 95.9 Å². The molecule has 3 saturated carbocycles. The van der Waals surface area contributed by atoms with Gasteiger partial charge in [0, 0.05) is 16.9 Å². The van der Waals surface area contributed by atoms with E-state index in [-0.39, 0.29) is 45.2 Å². The van der Waals surface area contributed by atoms with Crippen LogP contribution in [0.1, 0.15) is 113 Å². The normalized spacial score (nSPS) is 43.6. The number of aromatic nitrogens is 4. The van der Waals surface area contributed by atoms with Gasteiger partial charge in [-0.2, -0.15) is 4.80 Å². The van der Waals surface area contributed by atoms with Gasteiger partial charge in [0.25, 0.3) is 5.95 Å². The molecule has 10 nitrogen and oxygen atoms in total. The first-order valence-corrected chi connectivity index (χ1v) is 18.8. The van der Waals surface area contributed by atoms with Crippen molar-refractivity contribution in [2.24, 2.45) is 56.7 Å². The van der Waals surface area contributed by atoms with Crippen molar-refractivity contribution in [1.82, 2.24) is 25.1 Å². The lowest BCUT2D eigenvalue weighted by molar-refractivity contribution is -0.253. The second-order valence-electron chi connectivity index (χ2n) is 18.2. The number of tetrazole rings is 1. The zero-order valence-electron chi connectivity index (χ0n) is 31.5. The van der Waals surface area contributed by atoms with Crippen LogP contribution in [0.15, 0.2) is 11.6 Å². The van der Waals surface area contributed by atoms with Gasteiger partial charge in [-0.3, -0.25) is 4.79 Å². The van der Waals surface area contributed by atoms with Gasteiger partial charge in [-0.1, -0.05) is 78.6 Å². The van der Waals surface area contributed by atoms with E-state index >= 15 is 0 Å². The molecule has 2 unspecified atom stereocenters. The number of nitrogens with zero attached hydrogens (tertiary/aromatic N) is 5. The van der Waals surface area contributed by atoms with Gasteiger partial charge in [0.2, 0.25) is 0 Å². The zero-order valence-corrected chi connectivity index (χ0v) is 31.5. The first-order valence-electron chi connectivity index (χ1n) is 18.8. The van der Waals surface area contributed by atoms with Crippen molar-refractivity contribution in [2.75, 3.05) is 39.6 Å². The van der Waals surface area contributed by atoms with Crippen LogP contribution in [0.5, 0.6) is 0 Å². The molecule has 1 saturated heterocycles. The first-order chi connectivity index (χ1) is 22.5. The quantitative estimate of drug-likeness (QED) is 0.269. The maximum Gasteiger partial charge on any atom is 0.307 e. The zero-order chi connectivity index (χ0) is 35.0. The number of anilines is 1. The van der Waals surface area contributed by atoms with Crippen molar-refractivity contribution in [3.8, 4) is 0 Å². The molecule has 12 atom stereocenters. The molecule has 0 aromatic carbocycles. The topological polar surface area (TPSA) is 129 Å². The number of allylic oxidation sites excluding steroid dienone is 1. The van der Waals surface area contributed by atoms with Gasteiger partial charge in [-0.25, -0.2) is 0 Å². The molecular formula is C38H64N6O4. The predicted octanol–water partition coefficient (Wildman–Crippen LogP) is 6.50. The number of fused-ring (bicyclic) bond motifs is 3. The minimum absolute atomic E-state index is 0.137. The summed E-state index contributed by atoms with van der Waals surface area (Å²) in [6.45, 7) is 20.4. The Labute approximate surface area is 288 Å². The largest absolute Gasteiger partial charge is 0.481 e. The summed E-state index contributed by atoms with van der Waals surface area (Å²) in [4.78, 5) is 17.5. The Morgan fingerprint density at radius 2 is 1.88 bits per heavy atom. The summed E-state index contributed by atoms with van der Waals surface area (Å²) >= 11 is 0. The molecule has 270 valence electrons. The molecule has 4 fully saturated rings. The second kappa shape index (κ2) is 12.3. The van der Waals surface area contributed by atoms with Gasteiger partial charge >= 0.3 is 5.97 Å². The molecule has 2 bridgehead atoms. The summed E-state index contributed by atoms with van der Waals surface area (Å²) in [5, 5.41) is 24.2. The third kappa shape index (κ3) is 5.03. The summed E-state index contributed by atoms with van der Waals surface area (Å²) in [6.07, 6.45) is 10.2. The van der Waals surface area contributed by atoms with Gasteiger partial charge in [-0.05, 0) is 104 Å². The Bertz CT molecular complexity index is 1400. The molecule has 1 aliphatic heterocycles. The molecule has 2 heterocycles. The van der Waals surface area contributed by atoms with Crippen molar-refractivity contribution in [2.45, 2.75) is 125 Å². The van der Waals surface area contributed by atoms with E-state index in [0.29, 0.717) is 49.5 Å². The highest BCUT2D eigenvalue weighted by molar-refractivity contribution is 5.73. The van der Waals surface area contributed by atoms with Crippen LogP contribution >= 0.6 is 0 Å². The van der Waals surface area contributed by atoms with E-state index in [9.17, 15) is 9.90 Å². The molecule has 48 heavy (non-hydrogen) atoms. The monoisotopic (exact) mass is 668 g/mol. The molecule has 1 aromatic heterocycles. The van der Waals surface area contributed by atoms with E-state index in [1.165, 1.54) is 5.57 Å². The Hall–Kier alpha value is -2.04. The van der Waals surface area contributed by atoms with Gasteiger partial charge in [0.15, 0.2) is 0 Å². The number of nitrogen functional groups attached to an aromatic ring is 1. The maximum atomic E-state index is 13.4. The molecule has 6 rings (SSSR count). The van der Waals surface area contributed by atoms with Crippen molar-refractivity contribution in [1.29, 1.82) is 0 Å². The van der Waals surface area contributed by atoms with E-state index in [1.807, 2.05) is 0 Å². The van der Waals surface area contributed by atoms with E-state index in [1.54, 1.807) is 4.80 Å². The average Bonchev–Trinajstić information content (AvgIpc) is 3.45. The minimum atomic E-state index is -0.623. The van der Waals surface area contributed by atoms with Crippen LogP contribution in [0.2, 0.25) is 0 Å². The van der Waals surface area contributed by atoms with E-state index in [4.69, 9.17) is 15.2 Å². The van der Waals surface area contributed by atoms with Gasteiger partial charge in [-0.15, -0.1) is 5.10 Å². The van der Waals surface area contributed by atoms with Crippen LogP contribution in [-0.2, 0) is 14.3 Å². The van der Waals surface area contributed by atoms with Crippen LogP contribution in [0.3, 0.4) is 0 Å². The van der Waals surface area contributed by atoms with E-state index in [0.717, 1.165) is 51.4 Å². The number of hydrogen-bond donors (Lipinski definition) is 2. The fraction of sp³-hybridized carbons (Fsp3) is 0.895. The van der Waals surface area contributed by atoms with Crippen LogP contribution in [0.25, 0.3) is 0 Å². The molecule has 3 N–H and O–H groups in total. The number of likely N-dealkylation sites (N-methyl/N-ethyl adjacent to an activating group) is 1. The lowest BCUT2D eigenvalue weighted by Gasteiger charge is -2.71. The lowest BCUT2D eigenvalue weighted by Crippen LogP contribution is -2.69. The molecular weight excluding hydrogens is 604 g/mol. The van der Waals surface area contributed by atoms with Gasteiger partial charge < -0.3 is 25.2 Å². The van der Waals surface area contributed by atoms with E-state index < -0.39 is 11.9 Å². The Morgan fingerprint density at radius 1 is 1.15 bits per heavy atom. The number of carbonyl (C=O) groups is 1. The maximum absolute atomic E-state index is 13.4. The Kier molecular flexibility index (Phi) is 9.19. The fourth-order valence-electron chi connectivity index (χ4n) is 12.5. The van der Waals surface area contributed by atoms with Crippen molar-refractivity contribution in [3.05, 3.63) is 11.6 Å². The SMILES string of the molecule is CCCC(CO[C@H]1[C@H](n2nnc(N)n2)CC23COC[C@@]1(C)[C@@H]2CC[C@H]1C3=CC[C@@]2(C)[C@H](C(=O)O)[C@@](C)([C@H](C)C(C)C)CC[C@]12C)N(C)C. The Balaban J connectivity index is 1.43. The smallest absolute Gasteiger partial charge is 0.307 e. The van der Waals surface area contributed by atoms with Crippen LogP contribution in [-0.4, -0.2) is 82.2 Å². The highest BCUT2D eigenvalue weighted by Gasteiger charge is 2.72. The molecule has 5 aliphatic rings. The first kappa shape index (κ1) is 35.8. The van der Waals surface area contributed by atoms with Crippen molar-refractivity contribution in [3.63, 3.8) is 0 Å². The van der Waals surface area contributed by atoms with Crippen LogP contribution in [0.4, 0.5) is 5.95 Å². The number of carboxylic acids is 1. The van der Waals surface area contributed by atoms with Gasteiger partial charge in [0.05, 0.1) is 31.8 Å². The third-order valence-electron chi connectivity index (χ3n) is 15.7. The summed E-state index contributed by atoms with van der Waals surface area (Å²) in [5.74, 6) is 0.569. The molecule has 0 amide bonds. The van der Waals surface area contributed by atoms with Gasteiger partial charge in [0.1, 0.15) is 6.04 Å². The third-order valence-corrected chi connectivity index (χ3v) is 15.7. The standard InChI is InChI=1S/C38H64N6O4/c1-11-12-25(43(9)10)20-48-31-28(44-41-33(39)40-42-44)19-38-22-47-21-35(31,6)29(38)14-13-26-27(38)15-16-37(8)30(32(45)46)34(5,24(4)23(2)3)17-18-36(26,37)7/h15,23-26,28-31H,11-14,16-22H2,1-10H3,(H2,39,41)(H,45,46)/t24-,25?,26+,28-,29+,30-,31+,34-,35+,36-,37+,38?/m1/s1. The minimum Gasteiger partial charge on any atom is -0.481 e. The molecule has 0 spiro atoms. The van der Waals surface area contributed by atoms with Crippen molar-refractivity contribution < 1.29 is 19.4 Å². The number of rotatable bonds is 10. The number of ether oxygens (including phenoxy) is 2. The molecule has 0 radical (unpaired) electrons. The number of carboxylic acid groups (broad SMARTS) is 1. The van der Waals surface area contributed by atoms with Crippen LogP contribution < -0.4 is 5.73 Å². The average molecular weight is 669 g/mol. The van der Waals surface area contributed by atoms with Crippen LogP contribution in [0, 0.1) is 56.7 Å². The molecule has 4 aliphatic carbocycles. The summed E-state index contributed by atoms with van der Waals surface area (Å²) < 4.78 is 13.8. The summed E-state index contributed by atoms with van der Waals surface area (Å²) in [5.41, 5.74) is 6.37. The molecule has 1 aromatic rings. The number of nitrogens with two attached hydrogens (primary N) is 1. The molecule has 10 heteroatoms. The lowest BCUT2D eigenvalue weighted by atomic mass is 9.34. The number of aliphatic carboxylic acids is 1. The number of hydrogen-bond acceptors (Lipinski definition) is 8. The Morgan fingerprint density at radius 3 is 2.48 bits per heavy atom. The highest BCUT2D eigenvalue weighted by atomic mass is 16.5. The summed E-state index contributed by atoms with van der Waals surface area (Å²) in [7, 11) is 4.27. The predicted molar refractivity (Wildman–Crippen MR) is 187 cm³/mol. The fourth-order valence-corrected chi connectivity index (χ4v) is 12.5. The highest BCUT2D eigenvalue weighted by Crippen LogP contribution is 2.75.